The fraction of sp³-hybridized carbons (Fsp3) is 0.286. The molecular weight excluding hydrogens is 360 g/mol. The highest BCUT2D eigenvalue weighted by atomic mass is 35.5. The van der Waals surface area contributed by atoms with E-state index in [4.69, 9.17) is 11.6 Å². The second-order valence-electron chi connectivity index (χ2n) is 7.05. The van der Waals surface area contributed by atoms with Gasteiger partial charge in [-0.25, -0.2) is 5.43 Å². The first kappa shape index (κ1) is 19.1. The number of pyridine rings is 1. The van der Waals surface area contributed by atoms with E-state index >= 15 is 0 Å². The molecule has 1 aromatic heterocycles. The number of anilines is 1. The maximum atomic E-state index is 12.1. The number of hydrogen-bond acceptors (Lipinski definition) is 4. The molecule has 1 aliphatic heterocycles. The number of halogens is 1. The van der Waals surface area contributed by atoms with Crippen molar-refractivity contribution in [1.82, 2.24) is 10.4 Å². The van der Waals surface area contributed by atoms with Crippen LogP contribution >= 0.6 is 11.6 Å². The van der Waals surface area contributed by atoms with E-state index in [-0.39, 0.29) is 11.4 Å². The molecule has 1 N–H and O–H groups in total. The molecule has 6 heteroatoms. The highest BCUT2D eigenvalue weighted by molar-refractivity contribution is 6.33. The summed E-state index contributed by atoms with van der Waals surface area (Å²) in [6.07, 6.45) is 6.97. The van der Waals surface area contributed by atoms with Gasteiger partial charge in [0.2, 0.25) is 0 Å². The number of fused-ring (bicyclic) bond motifs is 1. The van der Waals surface area contributed by atoms with Gasteiger partial charge in [0.1, 0.15) is 0 Å². The van der Waals surface area contributed by atoms with Crippen LogP contribution in [0.3, 0.4) is 0 Å². The van der Waals surface area contributed by atoms with Crippen LogP contribution < -0.4 is 10.3 Å². The predicted molar refractivity (Wildman–Crippen MR) is 111 cm³/mol. The molecule has 140 valence electrons. The topological polar surface area (TPSA) is 57.6 Å². The zero-order valence-corrected chi connectivity index (χ0v) is 16.7. The van der Waals surface area contributed by atoms with Gasteiger partial charge in [-0.2, -0.15) is 5.10 Å². The quantitative estimate of drug-likeness (QED) is 0.624. The van der Waals surface area contributed by atoms with Crippen molar-refractivity contribution in [2.45, 2.75) is 33.2 Å². The number of amides is 1. The molecule has 0 saturated heterocycles. The van der Waals surface area contributed by atoms with Gasteiger partial charge >= 0.3 is 0 Å². The number of rotatable bonds is 4. The lowest BCUT2D eigenvalue weighted by Gasteiger charge is -2.43. The Labute approximate surface area is 164 Å². The van der Waals surface area contributed by atoms with Crippen LogP contribution in [0, 0.1) is 0 Å². The van der Waals surface area contributed by atoms with Crippen molar-refractivity contribution in [3.05, 3.63) is 64.4 Å². The summed E-state index contributed by atoms with van der Waals surface area (Å²) in [7, 11) is 0. The largest absolute Gasteiger partial charge is 0.363 e. The predicted octanol–water partition coefficient (Wildman–Crippen LogP) is 4.52. The van der Waals surface area contributed by atoms with E-state index in [9.17, 15) is 4.79 Å². The monoisotopic (exact) mass is 382 g/mol. The Bertz CT molecular complexity index is 919. The lowest BCUT2D eigenvalue weighted by atomic mass is 9.88. The molecule has 0 aliphatic carbocycles. The Morgan fingerprint density at radius 3 is 2.70 bits per heavy atom. The number of nitrogens with zero attached hydrogens (tertiary/aromatic N) is 3. The first-order valence-electron chi connectivity index (χ1n) is 8.88. The number of carbonyl (C=O) groups is 1. The fourth-order valence-electron chi connectivity index (χ4n) is 3.52. The van der Waals surface area contributed by atoms with Crippen LogP contribution in [0.2, 0.25) is 5.02 Å². The lowest BCUT2D eigenvalue weighted by molar-refractivity contribution is 0.0955. The molecule has 0 saturated carbocycles. The van der Waals surface area contributed by atoms with Crippen molar-refractivity contribution < 1.29 is 4.79 Å². The van der Waals surface area contributed by atoms with E-state index in [0.717, 1.165) is 23.4 Å². The summed E-state index contributed by atoms with van der Waals surface area (Å²) in [5, 5.41) is 4.65. The maximum Gasteiger partial charge on any atom is 0.271 e. The molecule has 3 rings (SSSR count). The van der Waals surface area contributed by atoms with Crippen molar-refractivity contribution in [3.63, 3.8) is 0 Å². The third kappa shape index (κ3) is 3.88. The first-order valence-corrected chi connectivity index (χ1v) is 9.25. The van der Waals surface area contributed by atoms with Gasteiger partial charge in [0.15, 0.2) is 0 Å². The molecule has 0 unspecified atom stereocenters. The smallest absolute Gasteiger partial charge is 0.271 e. The molecule has 0 bridgehead atoms. The third-order valence-corrected chi connectivity index (χ3v) is 5.05. The minimum atomic E-state index is -0.294. The summed E-state index contributed by atoms with van der Waals surface area (Å²) in [5.41, 5.74) is 7.15. The van der Waals surface area contributed by atoms with Crippen LogP contribution in [-0.4, -0.2) is 29.2 Å². The van der Waals surface area contributed by atoms with Gasteiger partial charge in [-0.3, -0.25) is 9.78 Å². The number of likely N-dealkylation sites (N-methyl/N-ethyl adjacent to an activating group) is 1. The van der Waals surface area contributed by atoms with E-state index < -0.39 is 0 Å². The molecule has 27 heavy (non-hydrogen) atoms. The molecule has 5 nitrogen and oxygen atoms in total. The van der Waals surface area contributed by atoms with Gasteiger partial charge in [-0.15, -0.1) is 0 Å². The summed E-state index contributed by atoms with van der Waals surface area (Å²) >= 11 is 6.50. The number of nitrogens with one attached hydrogen (secondary N) is 1. The van der Waals surface area contributed by atoms with Gasteiger partial charge < -0.3 is 4.90 Å². The second kappa shape index (κ2) is 7.53. The molecular formula is C21H23ClN4O. The summed E-state index contributed by atoms with van der Waals surface area (Å²) in [6.45, 7) is 9.52. The molecule has 0 radical (unpaired) electrons. The van der Waals surface area contributed by atoms with Gasteiger partial charge in [0.05, 0.1) is 16.8 Å². The molecule has 1 amide bonds. The normalized spacial score (nSPS) is 15.4. The van der Waals surface area contributed by atoms with Crippen molar-refractivity contribution in [2.24, 2.45) is 5.10 Å². The zero-order valence-electron chi connectivity index (χ0n) is 16.0. The molecule has 0 atom stereocenters. The van der Waals surface area contributed by atoms with Crippen LogP contribution in [0.5, 0.6) is 0 Å². The molecule has 2 heterocycles. The molecule has 0 spiro atoms. The average Bonchev–Trinajstić information content (AvgIpc) is 2.63. The van der Waals surface area contributed by atoms with Crippen molar-refractivity contribution in [1.29, 1.82) is 0 Å². The third-order valence-electron chi connectivity index (χ3n) is 4.72. The number of benzene rings is 1. The minimum Gasteiger partial charge on any atom is -0.363 e. The summed E-state index contributed by atoms with van der Waals surface area (Å²) in [5.74, 6) is -0.294. The lowest BCUT2D eigenvalue weighted by Crippen LogP contribution is -2.44. The van der Waals surface area contributed by atoms with Gasteiger partial charge in [-0.1, -0.05) is 17.7 Å². The summed E-state index contributed by atoms with van der Waals surface area (Å²) in [6, 6.07) is 7.26. The highest BCUT2D eigenvalue weighted by Crippen LogP contribution is 2.40. The van der Waals surface area contributed by atoms with Crippen LogP contribution in [0.1, 0.15) is 49.2 Å². The maximum absolute atomic E-state index is 12.1. The van der Waals surface area contributed by atoms with E-state index in [0.29, 0.717) is 10.6 Å². The Kier molecular flexibility index (Phi) is 5.33. The Hall–Kier alpha value is -2.66. The number of hydrazone groups is 1. The second-order valence-corrected chi connectivity index (χ2v) is 7.46. The van der Waals surface area contributed by atoms with Crippen LogP contribution in [0.4, 0.5) is 5.69 Å². The Morgan fingerprint density at radius 2 is 2.04 bits per heavy atom. The standard InChI is InChI=1S/C21H23ClN4O/c1-5-26-19-11-18(22)16(10-17(19)14(2)12-21(26,3)4)13-24-25-20(27)15-6-8-23-9-7-15/h6-13H,5H2,1-4H3,(H,25,27)/b24-13-. The SMILES string of the molecule is CCN1c2cc(Cl)c(/C=N\NC(=O)c3ccncc3)cc2C(C)=CC1(C)C. The Balaban J connectivity index is 1.86. The average molecular weight is 383 g/mol. The van der Waals surface area contributed by atoms with Gasteiger partial charge in [0, 0.05) is 41.3 Å². The number of hydrogen-bond donors (Lipinski definition) is 1. The number of carbonyl (C=O) groups excluding carboxylic acids is 1. The summed E-state index contributed by atoms with van der Waals surface area (Å²) < 4.78 is 0. The van der Waals surface area contributed by atoms with Gasteiger partial charge in [0.25, 0.3) is 5.91 Å². The minimum absolute atomic E-state index is 0.0662. The van der Waals surface area contributed by atoms with E-state index in [1.54, 1.807) is 30.7 Å². The fourth-order valence-corrected chi connectivity index (χ4v) is 3.73. The van der Waals surface area contributed by atoms with Crippen LogP contribution in [-0.2, 0) is 0 Å². The van der Waals surface area contributed by atoms with Crippen LogP contribution in [0.15, 0.2) is 47.8 Å². The molecule has 1 aromatic carbocycles. The van der Waals surface area contributed by atoms with Crippen LogP contribution in [0.25, 0.3) is 5.57 Å². The van der Waals surface area contributed by atoms with Crippen molar-refractivity contribution in [2.75, 3.05) is 11.4 Å². The highest BCUT2D eigenvalue weighted by Gasteiger charge is 2.30. The molecule has 0 fully saturated rings. The van der Waals surface area contributed by atoms with E-state index in [1.807, 2.05) is 12.1 Å². The number of aromatic nitrogens is 1. The van der Waals surface area contributed by atoms with Crippen molar-refractivity contribution in [3.8, 4) is 0 Å². The summed E-state index contributed by atoms with van der Waals surface area (Å²) in [4.78, 5) is 18.3. The van der Waals surface area contributed by atoms with Crippen molar-refractivity contribution >= 4 is 35.0 Å². The molecule has 1 aliphatic rings. The zero-order chi connectivity index (χ0) is 19.6. The van der Waals surface area contributed by atoms with E-state index in [2.05, 4.69) is 54.2 Å². The van der Waals surface area contributed by atoms with Gasteiger partial charge in [-0.05, 0) is 57.5 Å². The Morgan fingerprint density at radius 1 is 1.33 bits per heavy atom. The molecule has 2 aromatic rings. The number of allylic oxidation sites excluding steroid dienone is 1. The first-order chi connectivity index (χ1) is 12.8. The van der Waals surface area contributed by atoms with E-state index in [1.165, 1.54) is 5.57 Å².